The molecule has 0 aliphatic heterocycles. The lowest BCUT2D eigenvalue weighted by Gasteiger charge is -1.45. The molecule has 0 N–H and O–H groups in total. The molecule has 0 aliphatic rings. The van der Waals surface area contributed by atoms with Crippen LogP contribution in [0.3, 0.4) is 0 Å². The van der Waals surface area contributed by atoms with Crippen LogP contribution >= 0.6 is 11.6 Å². The third kappa shape index (κ3) is 3.52. The fraction of sp³-hybridized carbons (Fsp3) is 0. The van der Waals surface area contributed by atoms with E-state index in [0.29, 0.717) is 0 Å². The van der Waals surface area contributed by atoms with E-state index >= 15 is 0 Å². The molecular weight excluding hydrogens is 85.5 g/mol. The highest BCUT2D eigenvalue weighted by molar-refractivity contribution is 6.25. The molecule has 0 bridgehead atoms. The zero-order valence-electron chi connectivity index (χ0n) is 2.48. The summed E-state index contributed by atoms with van der Waals surface area (Å²) < 4.78 is 0. The van der Waals surface area contributed by atoms with E-state index in [0.717, 1.165) is 0 Å². The van der Waals surface area contributed by atoms with Gasteiger partial charge in [0.15, 0.2) is 0 Å². The van der Waals surface area contributed by atoms with Gasteiger partial charge < -0.3 is 0 Å². The van der Waals surface area contributed by atoms with Crippen LogP contribution in [-0.2, 0) is 0 Å². The summed E-state index contributed by atoms with van der Waals surface area (Å²) in [5.74, 6) is 0. The Morgan fingerprint density at radius 1 is 1.80 bits per heavy atom. The van der Waals surface area contributed by atoms with Crippen molar-refractivity contribution in [2.24, 2.45) is 0 Å². The smallest absolute Gasteiger partial charge is 0.0921 e. The third-order valence-electron chi connectivity index (χ3n) is 0.138. The molecule has 5 heavy (non-hydrogen) atoms. The fourth-order valence-electron chi connectivity index (χ4n) is 0.0282. The minimum Gasteiger partial charge on any atom is -0.193 e. The Hall–Kier alpha value is -0.480. The maximum absolute atomic E-state index is 7.64. The van der Waals surface area contributed by atoms with Crippen LogP contribution in [0.2, 0.25) is 0 Å². The van der Waals surface area contributed by atoms with Gasteiger partial charge in [-0.2, -0.15) is 5.26 Å². The Morgan fingerprint density at radius 2 is 2.40 bits per heavy atom. The Bertz CT molecular complexity index is 69.5. The second-order valence-electron chi connectivity index (χ2n) is 0.422. The van der Waals surface area contributed by atoms with Crippen molar-refractivity contribution in [3.8, 4) is 6.07 Å². The van der Waals surface area contributed by atoms with Crippen molar-refractivity contribution in [1.29, 1.82) is 5.26 Å². The minimum absolute atomic E-state index is 1.17. The van der Waals surface area contributed by atoms with Gasteiger partial charge in [-0.25, -0.2) is 0 Å². The first kappa shape index (κ1) is 4.52. The lowest BCUT2D eigenvalue weighted by atomic mass is 10.7. The van der Waals surface area contributed by atoms with Crippen molar-refractivity contribution in [3.05, 3.63) is 11.6 Å². The highest BCUT2D eigenvalue weighted by atomic mass is 35.5. The molecule has 0 saturated carbocycles. The molecule has 0 spiro atoms. The van der Waals surface area contributed by atoms with E-state index in [1.54, 1.807) is 6.07 Å². The first-order valence-corrected chi connectivity index (χ1v) is 1.50. The topological polar surface area (TPSA) is 23.8 Å². The van der Waals surface area contributed by atoms with Crippen LogP contribution in [-0.4, -0.2) is 0 Å². The summed E-state index contributed by atoms with van der Waals surface area (Å²) in [5.41, 5.74) is 1.17. The molecule has 0 fully saturated rings. The molecule has 26 valence electrons. The van der Waals surface area contributed by atoms with Crippen molar-refractivity contribution in [3.63, 3.8) is 0 Å². The van der Waals surface area contributed by atoms with Gasteiger partial charge in [0.1, 0.15) is 0 Å². The normalized spacial score (nSPS) is 8.00. The van der Waals surface area contributed by atoms with Gasteiger partial charge in [0.2, 0.25) is 0 Å². The van der Waals surface area contributed by atoms with Gasteiger partial charge in [0.05, 0.1) is 6.07 Å². The van der Waals surface area contributed by atoms with Gasteiger partial charge >= 0.3 is 0 Å². The number of halogens is 1. The molecule has 0 saturated heterocycles. The highest BCUT2D eigenvalue weighted by Crippen LogP contribution is 1.71. The van der Waals surface area contributed by atoms with Crippen LogP contribution in [0.15, 0.2) is 11.6 Å². The molecule has 0 aromatic rings. The van der Waals surface area contributed by atoms with E-state index in [2.05, 4.69) is 0 Å². The predicted molar refractivity (Wildman–Crippen MR) is 20.6 cm³/mol. The molecule has 0 aromatic heterocycles. The summed E-state index contributed by atoms with van der Waals surface area (Å²) >= 11 is 4.90. The number of hydrogen-bond donors (Lipinski definition) is 0. The number of rotatable bonds is 0. The quantitative estimate of drug-likeness (QED) is 0.408. The van der Waals surface area contributed by atoms with Crippen molar-refractivity contribution < 1.29 is 0 Å². The summed E-state index contributed by atoms with van der Waals surface area (Å²) in [7, 11) is 0. The predicted octanol–water partition coefficient (Wildman–Crippen LogP) is 1.26. The highest BCUT2D eigenvalue weighted by Gasteiger charge is 1.48. The van der Waals surface area contributed by atoms with E-state index in [1.165, 1.54) is 11.6 Å². The van der Waals surface area contributed by atoms with Crippen LogP contribution in [0.5, 0.6) is 0 Å². The third-order valence-corrected chi connectivity index (χ3v) is 0.264. The van der Waals surface area contributed by atoms with Crippen molar-refractivity contribution >= 4 is 11.6 Å². The molecule has 1 nitrogen and oxygen atoms in total. The van der Waals surface area contributed by atoms with E-state index in [1.807, 2.05) is 0 Å². The zero-order valence-corrected chi connectivity index (χ0v) is 3.24. The average molecular weight is 87.5 g/mol. The summed E-state index contributed by atoms with van der Waals surface area (Å²) in [6.07, 6.45) is 1.20. The minimum atomic E-state index is 1.17. The van der Waals surface area contributed by atoms with Crippen LogP contribution in [0.1, 0.15) is 0 Å². The number of nitriles is 1. The van der Waals surface area contributed by atoms with E-state index < -0.39 is 0 Å². The molecule has 0 rings (SSSR count). The van der Waals surface area contributed by atoms with Crippen molar-refractivity contribution in [2.45, 2.75) is 0 Å². The van der Waals surface area contributed by atoms with Gasteiger partial charge in [0, 0.05) is 11.6 Å². The summed E-state index contributed by atoms with van der Waals surface area (Å²) in [4.78, 5) is 0. The van der Waals surface area contributed by atoms with Gasteiger partial charge in [-0.3, -0.25) is 0 Å². The summed E-state index contributed by atoms with van der Waals surface area (Å²) in [6, 6.07) is 1.70. The second kappa shape index (κ2) is 3.52. The molecule has 0 radical (unpaired) electrons. The molecule has 0 aromatic carbocycles. The SMILES string of the molecule is N#C/C=C\Cl. The van der Waals surface area contributed by atoms with Crippen molar-refractivity contribution in [2.75, 3.05) is 0 Å². The Labute approximate surface area is 35.5 Å². The molecule has 0 heterocycles. The van der Waals surface area contributed by atoms with Gasteiger partial charge in [0.25, 0.3) is 0 Å². The number of hydrogen-bond acceptors (Lipinski definition) is 1. The van der Waals surface area contributed by atoms with Gasteiger partial charge in [-0.15, -0.1) is 0 Å². The first-order valence-electron chi connectivity index (χ1n) is 1.06. The Kier molecular flexibility index (Phi) is 3.18. The maximum atomic E-state index is 7.64. The van der Waals surface area contributed by atoms with E-state index in [9.17, 15) is 0 Å². The Balaban J connectivity index is 3.04. The van der Waals surface area contributed by atoms with E-state index in [-0.39, 0.29) is 0 Å². The lowest BCUT2D eigenvalue weighted by Crippen LogP contribution is -1.31. The van der Waals surface area contributed by atoms with Crippen molar-refractivity contribution in [1.82, 2.24) is 0 Å². The van der Waals surface area contributed by atoms with Crippen LogP contribution in [0.4, 0.5) is 0 Å². The number of allylic oxidation sites excluding steroid dienone is 1. The standard InChI is InChI=1S/C3H2ClN/c4-2-1-3-5/h1-2H/b2-1-. The summed E-state index contributed by atoms with van der Waals surface area (Å²) in [5, 5.41) is 7.64. The first-order chi connectivity index (χ1) is 2.41. The molecule has 0 amide bonds. The largest absolute Gasteiger partial charge is 0.193 e. The second-order valence-corrected chi connectivity index (χ2v) is 0.674. The van der Waals surface area contributed by atoms with Crippen LogP contribution < -0.4 is 0 Å². The number of nitrogens with zero attached hydrogens (tertiary/aromatic N) is 1. The lowest BCUT2D eigenvalue weighted by molar-refractivity contribution is 1.54. The average Bonchev–Trinajstić information content (AvgIpc) is 1.41. The molecule has 0 unspecified atom stereocenters. The van der Waals surface area contributed by atoms with Crippen LogP contribution in [0, 0.1) is 11.3 Å². The van der Waals surface area contributed by atoms with E-state index in [4.69, 9.17) is 16.9 Å². The molecule has 0 atom stereocenters. The summed E-state index contributed by atoms with van der Waals surface area (Å²) in [6.45, 7) is 0. The molecule has 0 aliphatic carbocycles. The van der Waals surface area contributed by atoms with Gasteiger partial charge in [-0.05, 0) is 0 Å². The molecule has 2 heteroatoms. The monoisotopic (exact) mass is 87.0 g/mol. The maximum Gasteiger partial charge on any atom is 0.0921 e. The Morgan fingerprint density at radius 3 is 2.40 bits per heavy atom. The fourth-order valence-corrected chi connectivity index (χ4v) is 0.0845. The zero-order chi connectivity index (χ0) is 4.12. The van der Waals surface area contributed by atoms with Crippen LogP contribution in [0.25, 0.3) is 0 Å². The van der Waals surface area contributed by atoms with Gasteiger partial charge in [-0.1, -0.05) is 11.6 Å². The molecular formula is C3H2ClN.